The van der Waals surface area contributed by atoms with Crippen LogP contribution >= 0.6 is 0 Å². The predicted octanol–water partition coefficient (Wildman–Crippen LogP) is 3.27. The molecule has 0 atom stereocenters. The first kappa shape index (κ1) is 16.7. The molecule has 0 N–H and O–H groups in total. The number of carbonyl (C=O) groups is 1. The number of esters is 1. The van der Waals surface area contributed by atoms with E-state index in [0.717, 1.165) is 12.1 Å². The van der Waals surface area contributed by atoms with Gasteiger partial charge in [0, 0.05) is 5.56 Å². The van der Waals surface area contributed by atoms with Crippen LogP contribution in [0.4, 0.5) is 13.2 Å². The molecule has 0 aliphatic rings. The topological polar surface area (TPSA) is 61.3 Å². The Morgan fingerprint density at radius 3 is 2.35 bits per heavy atom. The number of carbonyl (C=O) groups excluding carboxylic acids is 1. The van der Waals surface area contributed by atoms with E-state index in [1.54, 1.807) is 6.92 Å². The highest BCUT2D eigenvalue weighted by Gasteiger charge is 2.31. The standard InChI is InChI=1S/C15H13F3N2O3/c1-8-6-11(14(21)23-3)19-20-13(8)10-5-4-9(15(16,17)18)7-12(10)22-2/h4-7H,1-3H3. The van der Waals surface area contributed by atoms with Crippen LogP contribution in [-0.2, 0) is 10.9 Å². The van der Waals surface area contributed by atoms with Crippen molar-refractivity contribution < 1.29 is 27.4 Å². The van der Waals surface area contributed by atoms with Crippen molar-refractivity contribution in [3.63, 3.8) is 0 Å². The third kappa shape index (κ3) is 3.41. The van der Waals surface area contributed by atoms with E-state index in [1.807, 2.05) is 0 Å². The molecule has 1 aromatic carbocycles. The number of alkyl halides is 3. The first-order valence-corrected chi connectivity index (χ1v) is 6.46. The van der Waals surface area contributed by atoms with E-state index < -0.39 is 17.7 Å². The number of nitrogens with zero attached hydrogens (tertiary/aromatic N) is 2. The molecule has 0 saturated carbocycles. The highest BCUT2D eigenvalue weighted by Crippen LogP contribution is 2.37. The predicted molar refractivity (Wildman–Crippen MR) is 75.1 cm³/mol. The Kier molecular flexibility index (Phi) is 4.53. The Balaban J connectivity index is 2.52. The zero-order chi connectivity index (χ0) is 17.2. The van der Waals surface area contributed by atoms with Gasteiger partial charge in [-0.25, -0.2) is 4.79 Å². The Labute approximate surface area is 130 Å². The second-order valence-electron chi connectivity index (χ2n) is 4.67. The summed E-state index contributed by atoms with van der Waals surface area (Å²) in [5.74, 6) is -0.630. The number of methoxy groups -OCH3 is 2. The van der Waals surface area contributed by atoms with Crippen molar-refractivity contribution in [1.29, 1.82) is 0 Å². The maximum Gasteiger partial charge on any atom is 0.416 e. The van der Waals surface area contributed by atoms with E-state index in [0.29, 0.717) is 16.8 Å². The molecular weight excluding hydrogens is 313 g/mol. The smallest absolute Gasteiger partial charge is 0.416 e. The quantitative estimate of drug-likeness (QED) is 0.810. The molecule has 0 bridgehead atoms. The lowest BCUT2D eigenvalue weighted by Gasteiger charge is -2.13. The van der Waals surface area contributed by atoms with Crippen molar-refractivity contribution in [1.82, 2.24) is 10.2 Å². The number of halogens is 3. The normalized spacial score (nSPS) is 11.2. The van der Waals surface area contributed by atoms with Crippen molar-refractivity contribution in [3.8, 4) is 17.0 Å². The minimum atomic E-state index is -4.47. The molecule has 0 unspecified atom stereocenters. The van der Waals surface area contributed by atoms with Gasteiger partial charge in [0.2, 0.25) is 0 Å². The van der Waals surface area contributed by atoms with Crippen LogP contribution in [0.2, 0.25) is 0 Å². The molecule has 122 valence electrons. The molecule has 5 nitrogen and oxygen atoms in total. The fourth-order valence-corrected chi connectivity index (χ4v) is 2.02. The molecule has 0 aliphatic heterocycles. The number of hydrogen-bond donors (Lipinski definition) is 0. The lowest BCUT2D eigenvalue weighted by Crippen LogP contribution is -2.08. The first-order chi connectivity index (χ1) is 10.8. The zero-order valence-electron chi connectivity index (χ0n) is 12.6. The maximum atomic E-state index is 12.8. The Morgan fingerprint density at radius 2 is 1.83 bits per heavy atom. The first-order valence-electron chi connectivity index (χ1n) is 6.46. The van der Waals surface area contributed by atoms with Crippen molar-refractivity contribution in [2.45, 2.75) is 13.1 Å². The second kappa shape index (κ2) is 6.23. The highest BCUT2D eigenvalue weighted by molar-refractivity contribution is 5.87. The van der Waals surface area contributed by atoms with Crippen LogP contribution in [-0.4, -0.2) is 30.4 Å². The van der Waals surface area contributed by atoms with Crippen LogP contribution in [0.15, 0.2) is 24.3 Å². The molecule has 2 rings (SSSR count). The molecule has 1 aromatic heterocycles. The average Bonchev–Trinajstić information content (AvgIpc) is 2.52. The van der Waals surface area contributed by atoms with Gasteiger partial charge >= 0.3 is 12.1 Å². The number of benzene rings is 1. The average molecular weight is 326 g/mol. The Bertz CT molecular complexity index is 745. The molecule has 0 spiro atoms. The largest absolute Gasteiger partial charge is 0.496 e. The van der Waals surface area contributed by atoms with Crippen molar-refractivity contribution in [2.75, 3.05) is 14.2 Å². The third-order valence-corrected chi connectivity index (χ3v) is 3.16. The van der Waals surface area contributed by atoms with E-state index >= 15 is 0 Å². The molecule has 1 heterocycles. The fourth-order valence-electron chi connectivity index (χ4n) is 2.02. The van der Waals surface area contributed by atoms with Crippen molar-refractivity contribution in [2.24, 2.45) is 0 Å². The van der Waals surface area contributed by atoms with Crippen LogP contribution in [0.1, 0.15) is 21.6 Å². The Hall–Kier alpha value is -2.64. The highest BCUT2D eigenvalue weighted by atomic mass is 19.4. The van der Waals surface area contributed by atoms with Gasteiger partial charge in [-0.15, -0.1) is 10.2 Å². The summed E-state index contributed by atoms with van der Waals surface area (Å²) in [5, 5.41) is 7.64. The second-order valence-corrected chi connectivity index (χ2v) is 4.67. The monoisotopic (exact) mass is 326 g/mol. The maximum absolute atomic E-state index is 12.8. The molecule has 0 fully saturated rings. The minimum Gasteiger partial charge on any atom is -0.496 e. The molecule has 2 aromatic rings. The summed E-state index contributed by atoms with van der Waals surface area (Å²) in [5.41, 5.74) is 0.415. The van der Waals surface area contributed by atoms with Gasteiger partial charge in [-0.1, -0.05) is 0 Å². The van der Waals surface area contributed by atoms with E-state index in [9.17, 15) is 18.0 Å². The molecule has 23 heavy (non-hydrogen) atoms. The van der Waals surface area contributed by atoms with Gasteiger partial charge in [-0.3, -0.25) is 0 Å². The van der Waals surface area contributed by atoms with Crippen LogP contribution in [0.3, 0.4) is 0 Å². The van der Waals surface area contributed by atoms with Gasteiger partial charge in [0.15, 0.2) is 5.69 Å². The van der Waals surface area contributed by atoms with Crippen LogP contribution < -0.4 is 4.74 Å². The molecule has 0 aliphatic carbocycles. The SMILES string of the molecule is COC(=O)c1cc(C)c(-c2ccc(C(F)(F)F)cc2OC)nn1. The number of ether oxygens (including phenoxy) is 2. The summed E-state index contributed by atoms with van der Waals surface area (Å²) >= 11 is 0. The lowest BCUT2D eigenvalue weighted by molar-refractivity contribution is -0.137. The lowest BCUT2D eigenvalue weighted by atomic mass is 10.0. The summed E-state index contributed by atoms with van der Waals surface area (Å²) in [7, 11) is 2.48. The van der Waals surface area contributed by atoms with Gasteiger partial charge in [0.05, 0.1) is 25.5 Å². The summed E-state index contributed by atoms with van der Waals surface area (Å²) < 4.78 is 47.9. The molecule has 0 radical (unpaired) electrons. The number of hydrogen-bond acceptors (Lipinski definition) is 5. The summed E-state index contributed by atoms with van der Waals surface area (Å²) in [6.07, 6.45) is -4.47. The van der Waals surface area contributed by atoms with Gasteiger partial charge in [0.1, 0.15) is 5.75 Å². The summed E-state index contributed by atoms with van der Waals surface area (Å²) in [6, 6.07) is 4.54. The Morgan fingerprint density at radius 1 is 1.13 bits per heavy atom. The van der Waals surface area contributed by atoms with E-state index in [1.165, 1.54) is 26.4 Å². The number of aryl methyl sites for hydroxylation is 1. The molecule has 0 amide bonds. The number of rotatable bonds is 3. The van der Waals surface area contributed by atoms with Crippen LogP contribution in [0.5, 0.6) is 5.75 Å². The third-order valence-electron chi connectivity index (χ3n) is 3.16. The summed E-state index contributed by atoms with van der Waals surface area (Å²) in [4.78, 5) is 11.4. The minimum absolute atomic E-state index is 0.0135. The fraction of sp³-hybridized carbons (Fsp3) is 0.267. The zero-order valence-corrected chi connectivity index (χ0v) is 12.6. The van der Waals surface area contributed by atoms with Gasteiger partial charge < -0.3 is 9.47 Å². The van der Waals surface area contributed by atoms with E-state index in [4.69, 9.17) is 4.74 Å². The van der Waals surface area contributed by atoms with Crippen molar-refractivity contribution >= 4 is 5.97 Å². The van der Waals surface area contributed by atoms with Gasteiger partial charge in [-0.05, 0) is 36.8 Å². The molecule has 0 saturated heterocycles. The summed E-state index contributed by atoms with van der Waals surface area (Å²) in [6.45, 7) is 1.66. The van der Waals surface area contributed by atoms with Gasteiger partial charge in [-0.2, -0.15) is 13.2 Å². The molecule has 8 heteroatoms. The van der Waals surface area contributed by atoms with E-state index in [2.05, 4.69) is 14.9 Å². The number of aromatic nitrogens is 2. The van der Waals surface area contributed by atoms with Crippen LogP contribution in [0, 0.1) is 6.92 Å². The molecular formula is C15H13F3N2O3. The van der Waals surface area contributed by atoms with Crippen molar-refractivity contribution in [3.05, 3.63) is 41.1 Å². The van der Waals surface area contributed by atoms with Gasteiger partial charge in [0.25, 0.3) is 0 Å². The van der Waals surface area contributed by atoms with E-state index in [-0.39, 0.29) is 11.4 Å². The van der Waals surface area contributed by atoms with Crippen LogP contribution in [0.25, 0.3) is 11.3 Å².